The summed E-state index contributed by atoms with van der Waals surface area (Å²) < 4.78 is 37.9. The second-order valence-electron chi connectivity index (χ2n) is 5.62. The van der Waals surface area contributed by atoms with Gasteiger partial charge in [-0.2, -0.15) is 13.2 Å². The molecule has 1 aliphatic rings. The van der Waals surface area contributed by atoms with Crippen molar-refractivity contribution < 1.29 is 18.0 Å². The van der Waals surface area contributed by atoms with Crippen LogP contribution in [-0.4, -0.2) is 35.4 Å². The lowest BCUT2D eigenvalue weighted by atomic mass is 10.1. The number of amides is 1. The summed E-state index contributed by atoms with van der Waals surface area (Å²) in [4.78, 5) is 13.4. The molecule has 138 valence electrons. The number of azo groups is 1. The van der Waals surface area contributed by atoms with Crippen molar-refractivity contribution in [2.75, 3.05) is 23.3 Å². The Bertz CT molecular complexity index is 787. The molecule has 1 N–H and O–H groups in total. The third kappa shape index (κ3) is 4.54. The summed E-state index contributed by atoms with van der Waals surface area (Å²) in [5, 5.41) is 17.2. The van der Waals surface area contributed by atoms with Crippen LogP contribution >= 0.6 is 11.3 Å². The Morgan fingerprint density at radius 3 is 2.62 bits per heavy atom. The molecule has 0 radical (unpaired) electrons. The van der Waals surface area contributed by atoms with E-state index in [4.69, 9.17) is 0 Å². The minimum atomic E-state index is -4.99. The van der Waals surface area contributed by atoms with Crippen molar-refractivity contribution >= 4 is 39.4 Å². The summed E-state index contributed by atoms with van der Waals surface area (Å²) in [5.41, 5.74) is 2.25. The summed E-state index contributed by atoms with van der Waals surface area (Å²) >= 11 is 1.13. The topological polar surface area (TPSA) is 82.8 Å². The average Bonchev–Trinajstić information content (AvgIpc) is 3.14. The zero-order valence-corrected chi connectivity index (χ0v) is 14.3. The van der Waals surface area contributed by atoms with Crippen LogP contribution in [0, 0.1) is 0 Å². The number of benzene rings is 1. The highest BCUT2D eigenvalue weighted by Crippen LogP contribution is 2.33. The Morgan fingerprint density at radius 2 is 1.96 bits per heavy atom. The highest BCUT2D eigenvalue weighted by Gasteiger charge is 2.39. The molecule has 0 unspecified atom stereocenters. The molecule has 0 spiro atoms. The predicted molar refractivity (Wildman–Crippen MR) is 91.3 cm³/mol. The maximum absolute atomic E-state index is 12.6. The van der Waals surface area contributed by atoms with Crippen LogP contribution in [0.1, 0.15) is 19.3 Å². The number of hydrogen-bond acceptors (Lipinski definition) is 7. The molecule has 11 heteroatoms. The monoisotopic (exact) mass is 384 g/mol. The number of alkyl halides is 3. The second-order valence-corrected chi connectivity index (χ2v) is 6.43. The molecule has 0 bridgehead atoms. The number of piperidine rings is 1. The maximum atomic E-state index is 12.6. The van der Waals surface area contributed by atoms with Gasteiger partial charge in [-0.05, 0) is 37.5 Å². The SMILES string of the molecule is O=C(Nc1cc(N2CCCCC2)ccc1N=Nc1nncs1)C(F)(F)F. The first-order valence-electron chi connectivity index (χ1n) is 7.88. The fourth-order valence-corrected chi connectivity index (χ4v) is 2.93. The van der Waals surface area contributed by atoms with E-state index in [9.17, 15) is 18.0 Å². The van der Waals surface area contributed by atoms with Crippen molar-refractivity contribution in [3.05, 3.63) is 23.7 Å². The minimum absolute atomic E-state index is 0.0522. The van der Waals surface area contributed by atoms with Crippen LogP contribution in [0.5, 0.6) is 0 Å². The average molecular weight is 384 g/mol. The maximum Gasteiger partial charge on any atom is 0.471 e. The Hall–Kier alpha value is -2.56. The van der Waals surface area contributed by atoms with E-state index in [0.29, 0.717) is 0 Å². The fourth-order valence-electron chi connectivity index (χ4n) is 2.56. The standard InChI is InChI=1S/C15H15F3N6OS/c16-15(17,18)13(25)20-12-8-10(24-6-2-1-3-7-24)4-5-11(12)21-23-14-22-19-9-26-14/h4-5,8-9H,1-3,6-7H2,(H,20,25). The van der Waals surface area contributed by atoms with Crippen molar-refractivity contribution in [1.29, 1.82) is 0 Å². The largest absolute Gasteiger partial charge is 0.471 e. The molecule has 1 aromatic heterocycles. The Kier molecular flexibility index (Phi) is 5.45. The highest BCUT2D eigenvalue weighted by atomic mass is 32.1. The number of anilines is 2. The van der Waals surface area contributed by atoms with Gasteiger partial charge in [0.1, 0.15) is 11.2 Å². The second kappa shape index (κ2) is 7.77. The van der Waals surface area contributed by atoms with E-state index in [0.717, 1.165) is 49.4 Å². The van der Waals surface area contributed by atoms with Crippen molar-refractivity contribution in [3.63, 3.8) is 0 Å². The van der Waals surface area contributed by atoms with Crippen molar-refractivity contribution in [3.8, 4) is 0 Å². The number of hydrogen-bond donors (Lipinski definition) is 1. The number of carbonyl (C=O) groups excluding carboxylic acids is 1. The molecule has 26 heavy (non-hydrogen) atoms. The summed E-state index contributed by atoms with van der Waals surface area (Å²) in [5.74, 6) is -2.05. The van der Waals surface area contributed by atoms with Gasteiger partial charge in [-0.1, -0.05) is 11.3 Å². The van der Waals surface area contributed by atoms with Crippen molar-refractivity contribution in [2.24, 2.45) is 10.2 Å². The van der Waals surface area contributed by atoms with Gasteiger partial charge >= 0.3 is 12.1 Å². The lowest BCUT2D eigenvalue weighted by Crippen LogP contribution is -2.31. The van der Waals surface area contributed by atoms with E-state index in [1.54, 1.807) is 6.07 Å². The summed E-state index contributed by atoms with van der Waals surface area (Å²) in [6.45, 7) is 1.64. The quantitative estimate of drug-likeness (QED) is 0.790. The zero-order chi connectivity index (χ0) is 18.6. The van der Waals surface area contributed by atoms with Gasteiger partial charge in [0.05, 0.1) is 5.69 Å². The first-order valence-corrected chi connectivity index (χ1v) is 8.76. The zero-order valence-electron chi connectivity index (χ0n) is 13.5. The van der Waals surface area contributed by atoms with Gasteiger partial charge in [0.2, 0.25) is 0 Å². The van der Waals surface area contributed by atoms with Crippen LogP contribution in [0.25, 0.3) is 0 Å². The van der Waals surface area contributed by atoms with Crippen LogP contribution in [-0.2, 0) is 4.79 Å². The molecule has 2 aromatic rings. The van der Waals surface area contributed by atoms with Crippen molar-refractivity contribution in [1.82, 2.24) is 10.2 Å². The van der Waals surface area contributed by atoms with Crippen LogP contribution in [0.3, 0.4) is 0 Å². The molecule has 7 nitrogen and oxygen atoms in total. The van der Waals surface area contributed by atoms with E-state index in [1.807, 2.05) is 5.32 Å². The van der Waals surface area contributed by atoms with E-state index < -0.39 is 12.1 Å². The van der Waals surface area contributed by atoms with E-state index in [2.05, 4.69) is 25.3 Å². The minimum Gasteiger partial charge on any atom is -0.371 e. The number of halogens is 3. The summed E-state index contributed by atoms with van der Waals surface area (Å²) in [7, 11) is 0. The lowest BCUT2D eigenvalue weighted by molar-refractivity contribution is -0.167. The first-order chi connectivity index (χ1) is 12.4. The van der Waals surface area contributed by atoms with Gasteiger partial charge < -0.3 is 10.2 Å². The van der Waals surface area contributed by atoms with Gasteiger partial charge in [0, 0.05) is 18.8 Å². The molecule has 0 atom stereocenters. The fraction of sp³-hybridized carbons (Fsp3) is 0.400. The molecular formula is C15H15F3N6OS. The van der Waals surface area contributed by atoms with Gasteiger partial charge in [0.25, 0.3) is 5.13 Å². The van der Waals surface area contributed by atoms with E-state index >= 15 is 0 Å². The molecule has 0 saturated carbocycles. The molecule has 2 heterocycles. The van der Waals surface area contributed by atoms with Gasteiger partial charge in [-0.15, -0.1) is 20.4 Å². The molecule has 1 amide bonds. The third-order valence-electron chi connectivity index (χ3n) is 3.80. The predicted octanol–water partition coefficient (Wildman–Crippen LogP) is 4.44. The highest BCUT2D eigenvalue weighted by molar-refractivity contribution is 7.13. The smallest absolute Gasteiger partial charge is 0.371 e. The number of nitrogens with zero attached hydrogens (tertiary/aromatic N) is 5. The molecule has 1 aromatic carbocycles. The molecule has 1 fully saturated rings. The number of rotatable bonds is 4. The molecule has 0 aliphatic carbocycles. The van der Waals surface area contributed by atoms with Gasteiger partial charge in [0.15, 0.2) is 0 Å². The van der Waals surface area contributed by atoms with Crippen LogP contribution < -0.4 is 10.2 Å². The van der Waals surface area contributed by atoms with E-state index in [-0.39, 0.29) is 16.5 Å². The third-order valence-corrected chi connectivity index (χ3v) is 4.37. The van der Waals surface area contributed by atoms with Crippen molar-refractivity contribution in [2.45, 2.75) is 25.4 Å². The normalized spacial score (nSPS) is 15.4. The Morgan fingerprint density at radius 1 is 1.19 bits per heavy atom. The van der Waals surface area contributed by atoms with Crippen LogP contribution in [0.2, 0.25) is 0 Å². The Balaban J connectivity index is 1.90. The lowest BCUT2D eigenvalue weighted by Gasteiger charge is -2.29. The number of nitrogens with one attached hydrogen (secondary N) is 1. The Labute approximate surface area is 150 Å². The van der Waals surface area contributed by atoms with E-state index in [1.165, 1.54) is 17.6 Å². The summed E-state index contributed by atoms with van der Waals surface area (Å²) in [6, 6.07) is 4.77. The molecule has 1 aliphatic heterocycles. The summed E-state index contributed by atoms with van der Waals surface area (Å²) in [6.07, 6.45) is -1.83. The number of carbonyl (C=O) groups is 1. The van der Waals surface area contributed by atoms with Crippen LogP contribution in [0.4, 0.5) is 35.4 Å². The number of aromatic nitrogens is 2. The van der Waals surface area contributed by atoms with Crippen LogP contribution in [0.15, 0.2) is 33.9 Å². The molecule has 3 rings (SSSR count). The first kappa shape index (κ1) is 18.2. The van der Waals surface area contributed by atoms with Gasteiger partial charge in [-0.3, -0.25) is 4.79 Å². The molecule has 1 saturated heterocycles. The molecular weight excluding hydrogens is 369 g/mol. The van der Waals surface area contributed by atoms with Gasteiger partial charge in [-0.25, -0.2) is 0 Å².